The van der Waals surface area contributed by atoms with E-state index in [1.165, 1.54) is 12.0 Å². The van der Waals surface area contributed by atoms with Crippen LogP contribution in [0.15, 0.2) is 11.6 Å². The summed E-state index contributed by atoms with van der Waals surface area (Å²) in [6.07, 6.45) is 10.2. The molecular weight excluding hydrogens is 264 g/mol. The van der Waals surface area contributed by atoms with E-state index < -0.39 is 5.97 Å². The highest BCUT2D eigenvalue weighted by Crippen LogP contribution is 2.24. The van der Waals surface area contributed by atoms with Crippen LogP contribution in [0.2, 0.25) is 0 Å². The van der Waals surface area contributed by atoms with Gasteiger partial charge in [0.2, 0.25) is 5.78 Å². The van der Waals surface area contributed by atoms with Crippen molar-refractivity contribution in [3.63, 3.8) is 0 Å². The van der Waals surface area contributed by atoms with Crippen molar-refractivity contribution in [2.24, 2.45) is 11.8 Å². The minimum atomic E-state index is -0.613. The van der Waals surface area contributed by atoms with Gasteiger partial charge in [0.1, 0.15) is 0 Å². The number of hydrogen-bond donors (Lipinski definition) is 0. The minimum Gasteiger partial charge on any atom is -0.460 e. The van der Waals surface area contributed by atoms with Gasteiger partial charge in [0, 0.05) is 5.92 Å². The van der Waals surface area contributed by atoms with Crippen LogP contribution in [0.4, 0.5) is 0 Å². The summed E-state index contributed by atoms with van der Waals surface area (Å²) >= 11 is 0. The molecule has 0 aliphatic heterocycles. The van der Waals surface area contributed by atoms with Crippen molar-refractivity contribution in [3.05, 3.63) is 11.6 Å². The number of rotatable bonds is 8. The molecular formula is C18H30O3. The van der Waals surface area contributed by atoms with Gasteiger partial charge in [-0.3, -0.25) is 4.79 Å². The monoisotopic (exact) mass is 294 g/mol. The largest absolute Gasteiger partial charge is 0.460 e. The second-order valence-electron chi connectivity index (χ2n) is 6.59. The van der Waals surface area contributed by atoms with Gasteiger partial charge in [-0.25, -0.2) is 4.79 Å². The highest BCUT2D eigenvalue weighted by atomic mass is 16.5. The maximum atomic E-state index is 11.9. The molecule has 1 aliphatic rings. The molecule has 21 heavy (non-hydrogen) atoms. The number of carbonyl (C=O) groups excluding carboxylic acids is 2. The van der Waals surface area contributed by atoms with Gasteiger partial charge in [-0.2, -0.15) is 0 Å². The SMILES string of the molecule is CC(C)=CCCC(C)CCOC(=O)C(=O)C1CCCCC1. The third-order valence-electron chi connectivity index (χ3n) is 4.23. The van der Waals surface area contributed by atoms with Crippen LogP contribution >= 0.6 is 0 Å². The van der Waals surface area contributed by atoms with Gasteiger partial charge in [-0.05, 0) is 51.9 Å². The fourth-order valence-corrected chi connectivity index (χ4v) is 2.76. The molecule has 1 rings (SSSR count). The number of hydrogen-bond acceptors (Lipinski definition) is 3. The summed E-state index contributed by atoms with van der Waals surface area (Å²) in [6.45, 7) is 6.73. The van der Waals surface area contributed by atoms with E-state index in [-0.39, 0.29) is 11.7 Å². The van der Waals surface area contributed by atoms with E-state index in [9.17, 15) is 9.59 Å². The van der Waals surface area contributed by atoms with E-state index in [1.54, 1.807) is 0 Å². The van der Waals surface area contributed by atoms with Crippen molar-refractivity contribution in [1.82, 2.24) is 0 Å². The number of ketones is 1. The average Bonchev–Trinajstić information content (AvgIpc) is 2.46. The number of carbonyl (C=O) groups is 2. The molecule has 0 saturated heterocycles. The molecule has 3 nitrogen and oxygen atoms in total. The lowest BCUT2D eigenvalue weighted by atomic mass is 9.86. The molecule has 0 radical (unpaired) electrons. The molecule has 0 aromatic heterocycles. The Morgan fingerprint density at radius 3 is 2.43 bits per heavy atom. The highest BCUT2D eigenvalue weighted by Gasteiger charge is 2.27. The third-order valence-corrected chi connectivity index (χ3v) is 4.23. The van der Waals surface area contributed by atoms with E-state index in [2.05, 4.69) is 26.8 Å². The first-order valence-corrected chi connectivity index (χ1v) is 8.35. The second-order valence-corrected chi connectivity index (χ2v) is 6.59. The lowest BCUT2D eigenvalue weighted by Gasteiger charge is -2.19. The smallest absolute Gasteiger partial charge is 0.374 e. The summed E-state index contributed by atoms with van der Waals surface area (Å²) in [5, 5.41) is 0. The number of allylic oxidation sites excluding steroid dienone is 2. The van der Waals surface area contributed by atoms with E-state index in [0.29, 0.717) is 12.5 Å². The molecule has 0 aromatic rings. The molecule has 0 spiro atoms. The summed E-state index contributed by atoms with van der Waals surface area (Å²) in [6, 6.07) is 0. The van der Waals surface area contributed by atoms with Gasteiger partial charge in [0.05, 0.1) is 6.61 Å². The van der Waals surface area contributed by atoms with Gasteiger partial charge >= 0.3 is 5.97 Å². The van der Waals surface area contributed by atoms with Crippen LogP contribution in [0.1, 0.15) is 72.1 Å². The summed E-state index contributed by atoms with van der Waals surface area (Å²) in [5.74, 6) is -0.482. The number of esters is 1. The van der Waals surface area contributed by atoms with Gasteiger partial charge in [-0.15, -0.1) is 0 Å². The molecule has 0 aromatic carbocycles. The minimum absolute atomic E-state index is 0.0821. The van der Waals surface area contributed by atoms with Crippen molar-refractivity contribution in [3.8, 4) is 0 Å². The molecule has 0 heterocycles. The maximum absolute atomic E-state index is 11.9. The van der Waals surface area contributed by atoms with Crippen LogP contribution in [-0.2, 0) is 14.3 Å². The Morgan fingerprint density at radius 1 is 1.14 bits per heavy atom. The topological polar surface area (TPSA) is 43.4 Å². The first kappa shape index (κ1) is 17.9. The Hall–Kier alpha value is -1.12. The van der Waals surface area contributed by atoms with Crippen molar-refractivity contribution in [2.45, 2.75) is 72.1 Å². The average molecular weight is 294 g/mol. The Morgan fingerprint density at radius 2 is 1.81 bits per heavy atom. The van der Waals surface area contributed by atoms with Gasteiger partial charge < -0.3 is 4.74 Å². The first-order chi connectivity index (χ1) is 10.0. The molecule has 1 fully saturated rings. The van der Waals surface area contributed by atoms with Gasteiger partial charge in [0.25, 0.3) is 0 Å². The molecule has 120 valence electrons. The quantitative estimate of drug-likeness (QED) is 0.377. The molecule has 0 bridgehead atoms. The maximum Gasteiger partial charge on any atom is 0.374 e. The Kier molecular flexibility index (Phi) is 8.33. The Labute approximate surface area is 129 Å². The fraction of sp³-hybridized carbons (Fsp3) is 0.778. The summed E-state index contributed by atoms with van der Waals surface area (Å²) < 4.78 is 5.15. The number of Topliss-reactive ketones (excluding diaryl/α,β-unsaturated/α-hetero) is 1. The van der Waals surface area contributed by atoms with Crippen molar-refractivity contribution < 1.29 is 14.3 Å². The van der Waals surface area contributed by atoms with E-state index in [4.69, 9.17) is 4.74 Å². The van der Waals surface area contributed by atoms with E-state index in [0.717, 1.165) is 44.9 Å². The molecule has 1 saturated carbocycles. The van der Waals surface area contributed by atoms with Crippen LogP contribution in [-0.4, -0.2) is 18.4 Å². The zero-order valence-electron chi connectivity index (χ0n) is 13.8. The second kappa shape index (κ2) is 9.75. The lowest BCUT2D eigenvalue weighted by Crippen LogP contribution is -2.28. The van der Waals surface area contributed by atoms with Crippen LogP contribution < -0.4 is 0 Å². The zero-order valence-corrected chi connectivity index (χ0v) is 13.8. The summed E-state index contributed by atoms with van der Waals surface area (Å²) in [5.41, 5.74) is 1.34. The van der Waals surface area contributed by atoms with E-state index in [1.807, 2.05) is 0 Å². The van der Waals surface area contributed by atoms with Crippen molar-refractivity contribution >= 4 is 11.8 Å². The molecule has 1 aliphatic carbocycles. The van der Waals surface area contributed by atoms with Crippen LogP contribution in [0.25, 0.3) is 0 Å². The molecule has 1 atom stereocenters. The summed E-state index contributed by atoms with van der Waals surface area (Å²) in [4.78, 5) is 23.7. The Bertz CT molecular complexity index is 361. The standard InChI is InChI=1S/C18H30O3/c1-14(2)8-7-9-15(3)12-13-21-18(20)17(19)16-10-5-4-6-11-16/h8,15-16H,4-7,9-13H2,1-3H3. The number of ether oxygens (including phenoxy) is 1. The Balaban J connectivity index is 2.17. The molecule has 0 amide bonds. The highest BCUT2D eigenvalue weighted by molar-refractivity contribution is 6.34. The predicted molar refractivity (Wildman–Crippen MR) is 85.0 cm³/mol. The van der Waals surface area contributed by atoms with Gasteiger partial charge in [-0.1, -0.05) is 37.8 Å². The van der Waals surface area contributed by atoms with Crippen LogP contribution in [0.5, 0.6) is 0 Å². The molecule has 3 heteroatoms. The van der Waals surface area contributed by atoms with Crippen LogP contribution in [0.3, 0.4) is 0 Å². The van der Waals surface area contributed by atoms with E-state index >= 15 is 0 Å². The predicted octanol–water partition coefficient (Wildman–Crippen LogP) is 4.45. The normalized spacial score (nSPS) is 17.1. The third kappa shape index (κ3) is 7.45. The first-order valence-electron chi connectivity index (χ1n) is 8.35. The fourth-order valence-electron chi connectivity index (χ4n) is 2.76. The summed E-state index contributed by atoms with van der Waals surface area (Å²) in [7, 11) is 0. The van der Waals surface area contributed by atoms with Crippen LogP contribution in [0, 0.1) is 11.8 Å². The van der Waals surface area contributed by atoms with Crippen molar-refractivity contribution in [1.29, 1.82) is 0 Å². The molecule has 0 N–H and O–H groups in total. The lowest BCUT2D eigenvalue weighted by molar-refractivity contribution is -0.156. The van der Waals surface area contributed by atoms with Gasteiger partial charge in [0.15, 0.2) is 0 Å². The zero-order chi connectivity index (χ0) is 15.7. The van der Waals surface area contributed by atoms with Crippen molar-refractivity contribution in [2.75, 3.05) is 6.61 Å². The molecule has 1 unspecified atom stereocenters.